The summed E-state index contributed by atoms with van der Waals surface area (Å²) in [5.41, 5.74) is 1.16. The van der Waals surface area contributed by atoms with Crippen LogP contribution in [-0.4, -0.2) is 23.5 Å². The zero-order valence-corrected chi connectivity index (χ0v) is 10.5. The van der Waals surface area contributed by atoms with Crippen molar-refractivity contribution in [2.45, 2.75) is 18.4 Å². The van der Waals surface area contributed by atoms with Crippen LogP contribution in [0, 0.1) is 6.92 Å². The van der Waals surface area contributed by atoms with Gasteiger partial charge in [0.05, 0.1) is 6.61 Å². The molecule has 2 rings (SSSR count). The average Bonchev–Trinajstić information content (AvgIpc) is 2.77. The number of rotatable bonds is 4. The number of aromatic amines is 1. The summed E-state index contributed by atoms with van der Waals surface area (Å²) < 4.78 is 26.4. The molecule has 0 saturated heterocycles. The minimum atomic E-state index is -3.67. The maximum Gasteiger partial charge on any atom is 0.264 e. The van der Waals surface area contributed by atoms with Crippen LogP contribution in [0.15, 0.2) is 35.4 Å². The van der Waals surface area contributed by atoms with Crippen LogP contribution in [0.2, 0.25) is 0 Å². The second-order valence-electron chi connectivity index (χ2n) is 3.79. The van der Waals surface area contributed by atoms with Gasteiger partial charge in [-0.3, -0.25) is 4.72 Å². The fourth-order valence-corrected chi connectivity index (χ4v) is 2.48. The molecule has 3 N–H and O–H groups in total. The first kappa shape index (κ1) is 12.6. The summed E-state index contributed by atoms with van der Waals surface area (Å²) in [6, 6.07) is 6.44. The molecule has 2 aromatic heterocycles. The molecule has 0 unspecified atom stereocenters. The highest BCUT2D eigenvalue weighted by atomic mass is 32.2. The van der Waals surface area contributed by atoms with Crippen LogP contribution in [-0.2, 0) is 16.6 Å². The highest BCUT2D eigenvalue weighted by molar-refractivity contribution is 7.92. The van der Waals surface area contributed by atoms with Crippen LogP contribution < -0.4 is 4.72 Å². The van der Waals surface area contributed by atoms with E-state index in [1.54, 1.807) is 25.1 Å². The lowest BCUT2D eigenvalue weighted by atomic mass is 10.4. The Balaban J connectivity index is 2.27. The second-order valence-corrected chi connectivity index (χ2v) is 5.47. The third-order valence-electron chi connectivity index (χ3n) is 2.32. The third-order valence-corrected chi connectivity index (χ3v) is 3.66. The number of pyridine rings is 1. The van der Waals surface area contributed by atoms with E-state index in [4.69, 9.17) is 5.11 Å². The highest BCUT2D eigenvalue weighted by Crippen LogP contribution is 2.15. The van der Waals surface area contributed by atoms with Crippen LogP contribution >= 0.6 is 0 Å². The van der Waals surface area contributed by atoms with Gasteiger partial charge in [0.1, 0.15) is 10.7 Å². The minimum absolute atomic E-state index is 0.0647. The Bertz CT molecular complexity index is 649. The molecular weight excluding hydrogens is 254 g/mol. The summed E-state index contributed by atoms with van der Waals surface area (Å²) in [5, 5.41) is 8.88. The van der Waals surface area contributed by atoms with E-state index < -0.39 is 10.0 Å². The molecule has 0 spiro atoms. The molecule has 0 aliphatic rings. The molecule has 0 aromatic carbocycles. The van der Waals surface area contributed by atoms with Crippen molar-refractivity contribution in [1.29, 1.82) is 0 Å². The maximum atomic E-state index is 12.0. The van der Waals surface area contributed by atoms with Gasteiger partial charge in [0.25, 0.3) is 10.0 Å². The monoisotopic (exact) mass is 267 g/mol. The second kappa shape index (κ2) is 4.79. The van der Waals surface area contributed by atoms with E-state index in [1.165, 1.54) is 12.3 Å². The van der Waals surface area contributed by atoms with Gasteiger partial charge in [0.2, 0.25) is 0 Å². The number of aliphatic hydroxyl groups excluding tert-OH is 1. The predicted molar refractivity (Wildman–Crippen MR) is 66.5 cm³/mol. The van der Waals surface area contributed by atoms with Gasteiger partial charge in [-0.2, -0.15) is 0 Å². The number of aromatic nitrogens is 2. The molecule has 0 atom stereocenters. The highest BCUT2D eigenvalue weighted by Gasteiger charge is 2.16. The zero-order valence-electron chi connectivity index (χ0n) is 9.71. The zero-order chi connectivity index (χ0) is 13.2. The molecule has 6 nitrogen and oxygen atoms in total. The summed E-state index contributed by atoms with van der Waals surface area (Å²) in [7, 11) is -3.67. The van der Waals surface area contributed by atoms with E-state index in [1.807, 2.05) is 0 Å². The summed E-state index contributed by atoms with van der Waals surface area (Å²) in [6.45, 7) is 1.54. The third kappa shape index (κ3) is 2.69. The Labute approximate surface area is 105 Å². The number of hydrogen-bond donors (Lipinski definition) is 3. The number of H-pyrrole nitrogens is 1. The molecule has 0 saturated carbocycles. The van der Waals surface area contributed by atoms with Crippen molar-refractivity contribution < 1.29 is 13.5 Å². The molecule has 96 valence electrons. The first-order valence-corrected chi connectivity index (χ1v) is 6.74. The Morgan fingerprint density at radius 1 is 1.44 bits per heavy atom. The first-order valence-electron chi connectivity index (χ1n) is 5.26. The van der Waals surface area contributed by atoms with Crippen molar-refractivity contribution in [2.24, 2.45) is 0 Å². The van der Waals surface area contributed by atoms with Crippen molar-refractivity contribution >= 4 is 15.8 Å². The topological polar surface area (TPSA) is 95.1 Å². The summed E-state index contributed by atoms with van der Waals surface area (Å²) >= 11 is 0. The molecule has 0 bridgehead atoms. The lowest BCUT2D eigenvalue weighted by Crippen LogP contribution is -2.13. The van der Waals surface area contributed by atoms with Crippen molar-refractivity contribution in [3.05, 3.63) is 41.9 Å². The van der Waals surface area contributed by atoms with Gasteiger partial charge < -0.3 is 10.1 Å². The van der Waals surface area contributed by atoms with Crippen LogP contribution in [0.1, 0.15) is 11.4 Å². The Morgan fingerprint density at radius 2 is 2.22 bits per heavy atom. The van der Waals surface area contributed by atoms with Crippen molar-refractivity contribution in [1.82, 2.24) is 9.97 Å². The number of anilines is 1. The normalized spacial score (nSPS) is 11.4. The lowest BCUT2D eigenvalue weighted by molar-refractivity contribution is 0.277. The van der Waals surface area contributed by atoms with Gasteiger partial charge in [-0.15, -0.1) is 0 Å². The van der Waals surface area contributed by atoms with Gasteiger partial charge >= 0.3 is 0 Å². The fourth-order valence-electron chi connectivity index (χ4n) is 1.46. The summed E-state index contributed by atoms with van der Waals surface area (Å²) in [4.78, 5) is 6.79. The fraction of sp³-hybridized carbons (Fsp3) is 0.182. The molecule has 0 aliphatic carbocycles. The van der Waals surface area contributed by atoms with Crippen LogP contribution in [0.4, 0.5) is 5.82 Å². The number of sulfonamides is 1. The smallest absolute Gasteiger partial charge is 0.264 e. The van der Waals surface area contributed by atoms with Crippen LogP contribution in [0.25, 0.3) is 0 Å². The van der Waals surface area contributed by atoms with Crippen molar-refractivity contribution in [3.8, 4) is 0 Å². The largest absolute Gasteiger partial charge is 0.390 e. The van der Waals surface area contributed by atoms with Gasteiger partial charge in [0, 0.05) is 17.6 Å². The number of nitrogens with one attached hydrogen (secondary N) is 2. The number of aryl methyl sites for hydroxylation is 1. The molecule has 18 heavy (non-hydrogen) atoms. The van der Waals surface area contributed by atoms with E-state index in [9.17, 15) is 8.42 Å². The molecule has 2 aromatic rings. The van der Waals surface area contributed by atoms with E-state index in [0.29, 0.717) is 5.69 Å². The average molecular weight is 267 g/mol. The van der Waals surface area contributed by atoms with E-state index in [2.05, 4.69) is 14.7 Å². The van der Waals surface area contributed by atoms with Crippen LogP contribution in [0.3, 0.4) is 0 Å². The van der Waals surface area contributed by atoms with Crippen molar-refractivity contribution in [3.63, 3.8) is 0 Å². The Kier molecular flexibility index (Phi) is 3.35. The molecule has 0 aliphatic heterocycles. The van der Waals surface area contributed by atoms with Gasteiger partial charge in [-0.25, -0.2) is 13.4 Å². The minimum Gasteiger partial charge on any atom is -0.390 e. The van der Waals surface area contributed by atoms with E-state index in [0.717, 1.165) is 5.69 Å². The molecule has 0 amide bonds. The molecule has 0 radical (unpaired) electrons. The Morgan fingerprint density at radius 3 is 2.83 bits per heavy atom. The van der Waals surface area contributed by atoms with Gasteiger partial charge in [0.15, 0.2) is 0 Å². The molecule has 0 fully saturated rings. The molecule has 2 heterocycles. The lowest BCUT2D eigenvalue weighted by Gasteiger charge is -2.05. The van der Waals surface area contributed by atoms with E-state index >= 15 is 0 Å². The quantitative estimate of drug-likeness (QED) is 0.770. The Hall–Kier alpha value is -1.86. The van der Waals surface area contributed by atoms with E-state index in [-0.39, 0.29) is 17.3 Å². The SMILES string of the molecule is Cc1cccc(NS(=O)(=O)c2c[nH]c(CO)c2)n1. The van der Waals surface area contributed by atoms with Gasteiger partial charge in [-0.1, -0.05) is 6.07 Å². The van der Waals surface area contributed by atoms with Crippen molar-refractivity contribution in [2.75, 3.05) is 4.72 Å². The molecular formula is C11H13N3O3S. The number of aliphatic hydroxyl groups is 1. The summed E-state index contributed by atoms with van der Waals surface area (Å²) in [5.74, 6) is 0.266. The number of nitrogens with zero attached hydrogens (tertiary/aromatic N) is 1. The number of hydrogen-bond acceptors (Lipinski definition) is 4. The first-order chi connectivity index (χ1) is 8.51. The standard InChI is InChI=1S/C11H13N3O3S/c1-8-3-2-4-11(13-8)14-18(16,17)10-5-9(7-15)12-6-10/h2-6,12,15H,7H2,1H3,(H,13,14). The van der Waals surface area contributed by atoms with Gasteiger partial charge in [-0.05, 0) is 25.1 Å². The summed E-state index contributed by atoms with van der Waals surface area (Å²) in [6.07, 6.45) is 1.32. The molecule has 7 heteroatoms. The maximum absolute atomic E-state index is 12.0. The van der Waals surface area contributed by atoms with Crippen LogP contribution in [0.5, 0.6) is 0 Å². The predicted octanol–water partition coefficient (Wildman–Crippen LogP) is 1.01.